The van der Waals surface area contributed by atoms with E-state index in [9.17, 15) is 4.79 Å². The smallest absolute Gasteiger partial charge is 0.234 e. The van der Waals surface area contributed by atoms with Gasteiger partial charge in [0.25, 0.3) is 0 Å². The SMILES string of the molecule is CCOc1ccc(CN2C(=O)CSC2c2c(C)cccc2OC)cc1. The van der Waals surface area contributed by atoms with E-state index in [4.69, 9.17) is 9.47 Å². The van der Waals surface area contributed by atoms with Crippen LogP contribution in [0.15, 0.2) is 42.5 Å². The van der Waals surface area contributed by atoms with E-state index in [1.165, 1.54) is 0 Å². The third-order valence-corrected chi connectivity index (χ3v) is 5.53. The van der Waals surface area contributed by atoms with Crippen molar-refractivity contribution in [1.29, 1.82) is 0 Å². The topological polar surface area (TPSA) is 38.8 Å². The Balaban J connectivity index is 1.85. The number of nitrogens with zero attached hydrogens (tertiary/aromatic N) is 1. The number of benzene rings is 2. The van der Waals surface area contributed by atoms with Crippen LogP contribution in [0.2, 0.25) is 0 Å². The summed E-state index contributed by atoms with van der Waals surface area (Å²) in [6.07, 6.45) is 0. The van der Waals surface area contributed by atoms with Gasteiger partial charge in [-0.05, 0) is 43.2 Å². The molecule has 0 bridgehead atoms. The van der Waals surface area contributed by atoms with Gasteiger partial charge in [-0.15, -0.1) is 11.8 Å². The normalized spacial score (nSPS) is 17.0. The average Bonchev–Trinajstić information content (AvgIpc) is 2.97. The van der Waals surface area contributed by atoms with E-state index in [0.717, 1.165) is 28.2 Å². The van der Waals surface area contributed by atoms with Gasteiger partial charge < -0.3 is 14.4 Å². The zero-order valence-corrected chi connectivity index (χ0v) is 15.6. The highest BCUT2D eigenvalue weighted by Crippen LogP contribution is 2.44. The second-order valence-electron chi connectivity index (χ2n) is 5.95. The molecule has 0 aromatic heterocycles. The zero-order valence-electron chi connectivity index (χ0n) is 14.8. The predicted octanol–water partition coefficient (Wildman–Crippen LogP) is 4.18. The number of hydrogen-bond donors (Lipinski definition) is 0. The number of rotatable bonds is 6. The Kier molecular flexibility index (Phi) is 5.53. The van der Waals surface area contributed by atoms with Crippen LogP contribution in [-0.4, -0.2) is 30.3 Å². The minimum Gasteiger partial charge on any atom is -0.496 e. The molecule has 1 aliphatic rings. The maximum absolute atomic E-state index is 12.5. The molecule has 5 heteroatoms. The molecule has 1 aliphatic heterocycles. The van der Waals surface area contributed by atoms with Crippen LogP contribution in [0, 0.1) is 6.92 Å². The predicted molar refractivity (Wildman–Crippen MR) is 101 cm³/mol. The van der Waals surface area contributed by atoms with Crippen molar-refractivity contribution in [2.24, 2.45) is 0 Å². The highest BCUT2D eigenvalue weighted by molar-refractivity contribution is 8.00. The fourth-order valence-electron chi connectivity index (χ4n) is 3.07. The Labute approximate surface area is 153 Å². The summed E-state index contributed by atoms with van der Waals surface area (Å²) in [4.78, 5) is 14.4. The molecule has 132 valence electrons. The third-order valence-electron chi connectivity index (χ3n) is 4.31. The van der Waals surface area contributed by atoms with E-state index in [0.29, 0.717) is 18.9 Å². The molecule has 0 N–H and O–H groups in total. The van der Waals surface area contributed by atoms with E-state index < -0.39 is 0 Å². The molecule has 1 heterocycles. The zero-order chi connectivity index (χ0) is 17.8. The number of carbonyl (C=O) groups excluding carboxylic acids is 1. The highest BCUT2D eigenvalue weighted by Gasteiger charge is 2.35. The van der Waals surface area contributed by atoms with Gasteiger partial charge in [0.05, 0.1) is 19.5 Å². The fraction of sp³-hybridized carbons (Fsp3) is 0.350. The molecular formula is C20H23NO3S. The Hall–Kier alpha value is -2.14. The molecule has 1 fully saturated rings. The van der Waals surface area contributed by atoms with Crippen LogP contribution in [0.4, 0.5) is 0 Å². The van der Waals surface area contributed by atoms with Crippen molar-refractivity contribution in [2.45, 2.75) is 25.8 Å². The number of ether oxygens (including phenoxy) is 2. The van der Waals surface area contributed by atoms with Gasteiger partial charge in [0.2, 0.25) is 5.91 Å². The number of amides is 1. The molecule has 1 atom stereocenters. The van der Waals surface area contributed by atoms with E-state index in [-0.39, 0.29) is 11.3 Å². The maximum Gasteiger partial charge on any atom is 0.234 e. The first-order valence-corrected chi connectivity index (χ1v) is 9.45. The minimum absolute atomic E-state index is 0.0183. The van der Waals surface area contributed by atoms with Crippen molar-refractivity contribution in [3.05, 3.63) is 59.2 Å². The second kappa shape index (κ2) is 7.83. The molecule has 0 spiro atoms. The monoisotopic (exact) mass is 357 g/mol. The van der Waals surface area contributed by atoms with Gasteiger partial charge in [0, 0.05) is 12.1 Å². The summed E-state index contributed by atoms with van der Waals surface area (Å²) in [6, 6.07) is 14.0. The Morgan fingerprint density at radius 1 is 1.20 bits per heavy atom. The van der Waals surface area contributed by atoms with E-state index in [1.807, 2.05) is 48.2 Å². The van der Waals surface area contributed by atoms with Gasteiger partial charge >= 0.3 is 0 Å². The molecule has 1 saturated heterocycles. The quantitative estimate of drug-likeness (QED) is 0.777. The average molecular weight is 357 g/mol. The number of hydrogen-bond acceptors (Lipinski definition) is 4. The molecule has 0 aliphatic carbocycles. The van der Waals surface area contributed by atoms with Crippen LogP contribution >= 0.6 is 11.8 Å². The van der Waals surface area contributed by atoms with Crippen molar-refractivity contribution in [3.63, 3.8) is 0 Å². The van der Waals surface area contributed by atoms with Gasteiger partial charge in [-0.25, -0.2) is 0 Å². The maximum atomic E-state index is 12.5. The van der Waals surface area contributed by atoms with Crippen LogP contribution in [0.5, 0.6) is 11.5 Å². The number of aryl methyl sites for hydroxylation is 1. The Morgan fingerprint density at radius 3 is 2.64 bits per heavy atom. The number of methoxy groups -OCH3 is 1. The molecule has 0 radical (unpaired) electrons. The molecule has 2 aromatic rings. The van der Waals surface area contributed by atoms with Crippen LogP contribution in [0.25, 0.3) is 0 Å². The van der Waals surface area contributed by atoms with Crippen LogP contribution in [-0.2, 0) is 11.3 Å². The Bertz CT molecular complexity index is 745. The first-order valence-electron chi connectivity index (χ1n) is 8.40. The molecule has 2 aromatic carbocycles. The van der Waals surface area contributed by atoms with Crippen molar-refractivity contribution in [1.82, 2.24) is 4.90 Å². The minimum atomic E-state index is -0.0183. The molecule has 1 amide bonds. The van der Waals surface area contributed by atoms with Crippen molar-refractivity contribution < 1.29 is 14.3 Å². The highest BCUT2D eigenvalue weighted by atomic mass is 32.2. The summed E-state index contributed by atoms with van der Waals surface area (Å²) < 4.78 is 11.0. The third kappa shape index (κ3) is 3.76. The van der Waals surface area contributed by atoms with E-state index in [2.05, 4.69) is 13.0 Å². The summed E-state index contributed by atoms with van der Waals surface area (Å²) in [6.45, 7) is 5.26. The number of thioether (sulfide) groups is 1. The first-order chi connectivity index (χ1) is 12.1. The lowest BCUT2D eigenvalue weighted by atomic mass is 10.1. The summed E-state index contributed by atoms with van der Waals surface area (Å²) >= 11 is 1.66. The van der Waals surface area contributed by atoms with Gasteiger partial charge in [0.15, 0.2) is 0 Å². The fourth-order valence-corrected chi connectivity index (χ4v) is 4.37. The van der Waals surface area contributed by atoms with Gasteiger partial charge in [-0.2, -0.15) is 0 Å². The van der Waals surface area contributed by atoms with Crippen molar-refractivity contribution in [2.75, 3.05) is 19.5 Å². The van der Waals surface area contributed by atoms with Gasteiger partial charge in [0.1, 0.15) is 16.9 Å². The van der Waals surface area contributed by atoms with Crippen LogP contribution < -0.4 is 9.47 Å². The summed E-state index contributed by atoms with van der Waals surface area (Å²) in [5.41, 5.74) is 3.33. The molecule has 4 nitrogen and oxygen atoms in total. The lowest BCUT2D eigenvalue weighted by Crippen LogP contribution is -2.28. The molecular weight excluding hydrogens is 334 g/mol. The lowest BCUT2D eigenvalue weighted by molar-refractivity contribution is -0.128. The Morgan fingerprint density at radius 2 is 1.96 bits per heavy atom. The summed E-state index contributed by atoms with van der Waals surface area (Å²) in [7, 11) is 1.68. The largest absolute Gasteiger partial charge is 0.496 e. The standard InChI is InChI=1S/C20H23NO3S/c1-4-24-16-10-8-15(9-11-16)12-21-18(22)13-25-20(21)19-14(2)6-5-7-17(19)23-3/h5-11,20H,4,12-13H2,1-3H3. The molecule has 25 heavy (non-hydrogen) atoms. The van der Waals surface area contributed by atoms with Crippen LogP contribution in [0.3, 0.4) is 0 Å². The molecule has 0 saturated carbocycles. The lowest BCUT2D eigenvalue weighted by Gasteiger charge is -2.27. The molecule has 1 unspecified atom stereocenters. The van der Waals surface area contributed by atoms with E-state index >= 15 is 0 Å². The first kappa shape index (κ1) is 17.7. The van der Waals surface area contributed by atoms with E-state index in [1.54, 1.807) is 18.9 Å². The second-order valence-corrected chi connectivity index (χ2v) is 7.02. The van der Waals surface area contributed by atoms with Crippen molar-refractivity contribution >= 4 is 17.7 Å². The molecule has 3 rings (SSSR count). The number of carbonyl (C=O) groups is 1. The van der Waals surface area contributed by atoms with Gasteiger partial charge in [-0.1, -0.05) is 24.3 Å². The summed E-state index contributed by atoms with van der Waals surface area (Å²) in [5.74, 6) is 2.35. The van der Waals surface area contributed by atoms with Crippen molar-refractivity contribution in [3.8, 4) is 11.5 Å². The summed E-state index contributed by atoms with van der Waals surface area (Å²) in [5, 5.41) is -0.0183. The van der Waals surface area contributed by atoms with Gasteiger partial charge in [-0.3, -0.25) is 4.79 Å². The van der Waals surface area contributed by atoms with Crippen LogP contribution in [0.1, 0.15) is 29.0 Å².